The summed E-state index contributed by atoms with van der Waals surface area (Å²) in [6, 6.07) is 0.172. The van der Waals surface area contributed by atoms with Crippen LogP contribution in [0.3, 0.4) is 0 Å². The van der Waals surface area contributed by atoms with E-state index in [1.807, 2.05) is 27.7 Å². The highest BCUT2D eigenvalue weighted by atomic mass is 16.2. The Hall–Kier alpha value is -0.860. The van der Waals surface area contributed by atoms with Crippen LogP contribution in [0.1, 0.15) is 41.0 Å². The summed E-state index contributed by atoms with van der Waals surface area (Å²) in [6.07, 6.45) is 0.286. The van der Waals surface area contributed by atoms with Gasteiger partial charge in [0.2, 0.25) is 5.78 Å². The van der Waals surface area contributed by atoms with E-state index in [1.54, 1.807) is 11.8 Å². The van der Waals surface area contributed by atoms with Crippen LogP contribution >= 0.6 is 0 Å². The zero-order valence-electron chi connectivity index (χ0n) is 9.13. The van der Waals surface area contributed by atoms with E-state index < -0.39 is 0 Å². The van der Waals surface area contributed by atoms with Crippen molar-refractivity contribution >= 4 is 11.7 Å². The zero-order valence-corrected chi connectivity index (χ0v) is 9.13. The molecule has 0 saturated carbocycles. The van der Waals surface area contributed by atoms with Crippen LogP contribution in [0.15, 0.2) is 0 Å². The van der Waals surface area contributed by atoms with E-state index in [2.05, 4.69) is 0 Å². The summed E-state index contributed by atoms with van der Waals surface area (Å²) in [7, 11) is 0. The number of ketones is 1. The number of nitrogens with zero attached hydrogens (tertiary/aromatic N) is 1. The lowest BCUT2D eigenvalue weighted by Gasteiger charge is -2.29. The van der Waals surface area contributed by atoms with Gasteiger partial charge in [0.15, 0.2) is 0 Å². The molecule has 0 N–H and O–H groups in total. The van der Waals surface area contributed by atoms with Crippen LogP contribution in [0.5, 0.6) is 0 Å². The number of amides is 1. The van der Waals surface area contributed by atoms with Crippen molar-refractivity contribution in [2.24, 2.45) is 0 Å². The summed E-state index contributed by atoms with van der Waals surface area (Å²) in [5, 5.41) is 0. The van der Waals surface area contributed by atoms with Crippen LogP contribution < -0.4 is 0 Å². The third kappa shape index (κ3) is 3.17. The lowest BCUT2D eigenvalue weighted by atomic mass is 10.2. The Morgan fingerprint density at radius 3 is 1.69 bits per heavy atom. The van der Waals surface area contributed by atoms with Crippen molar-refractivity contribution in [3.8, 4) is 0 Å². The Morgan fingerprint density at radius 2 is 1.46 bits per heavy atom. The maximum atomic E-state index is 11.5. The van der Waals surface area contributed by atoms with Gasteiger partial charge >= 0.3 is 0 Å². The summed E-state index contributed by atoms with van der Waals surface area (Å²) in [5.74, 6) is -0.658. The minimum atomic E-state index is -0.354. The standard InChI is InChI=1S/C10H19NO2/c1-6-9(12)10(13)11(7(2)3)8(4)5/h7-8H,6H2,1-5H3. The Balaban J connectivity index is 4.56. The van der Waals surface area contributed by atoms with Crippen LogP contribution in [0, 0.1) is 0 Å². The fourth-order valence-electron chi connectivity index (χ4n) is 1.36. The lowest BCUT2D eigenvalue weighted by Crippen LogP contribution is -2.45. The predicted molar refractivity (Wildman–Crippen MR) is 52.4 cm³/mol. The van der Waals surface area contributed by atoms with Gasteiger partial charge in [-0.15, -0.1) is 0 Å². The molecule has 0 unspecified atom stereocenters. The fourth-order valence-corrected chi connectivity index (χ4v) is 1.36. The quantitative estimate of drug-likeness (QED) is 0.624. The van der Waals surface area contributed by atoms with Crippen molar-refractivity contribution in [2.75, 3.05) is 0 Å². The average Bonchev–Trinajstić information content (AvgIpc) is 2.01. The smallest absolute Gasteiger partial charge is 0.290 e. The minimum absolute atomic E-state index is 0.0861. The largest absolute Gasteiger partial charge is 0.331 e. The van der Waals surface area contributed by atoms with Crippen LogP contribution in [-0.4, -0.2) is 28.7 Å². The van der Waals surface area contributed by atoms with E-state index in [4.69, 9.17) is 0 Å². The predicted octanol–water partition coefficient (Wildman–Crippen LogP) is 1.61. The van der Waals surface area contributed by atoms with Crippen molar-refractivity contribution in [2.45, 2.75) is 53.1 Å². The van der Waals surface area contributed by atoms with E-state index >= 15 is 0 Å². The van der Waals surface area contributed by atoms with Crippen molar-refractivity contribution in [1.82, 2.24) is 4.90 Å². The Morgan fingerprint density at radius 1 is 1.08 bits per heavy atom. The minimum Gasteiger partial charge on any atom is -0.331 e. The molecule has 0 bridgehead atoms. The highest BCUT2D eigenvalue weighted by molar-refractivity contribution is 6.36. The van der Waals surface area contributed by atoms with Gasteiger partial charge < -0.3 is 4.90 Å². The first kappa shape index (κ1) is 12.1. The van der Waals surface area contributed by atoms with E-state index in [-0.39, 0.29) is 30.2 Å². The van der Waals surface area contributed by atoms with Crippen LogP contribution in [0.4, 0.5) is 0 Å². The molecule has 0 aromatic carbocycles. The van der Waals surface area contributed by atoms with Gasteiger partial charge in [0, 0.05) is 18.5 Å². The number of Topliss-reactive ketones (excluding diaryl/α,β-unsaturated/α-hetero) is 1. The Bertz CT molecular complexity index is 189. The van der Waals surface area contributed by atoms with Gasteiger partial charge in [0.25, 0.3) is 5.91 Å². The van der Waals surface area contributed by atoms with E-state index in [1.165, 1.54) is 0 Å². The molecule has 0 aromatic heterocycles. The van der Waals surface area contributed by atoms with Crippen molar-refractivity contribution in [3.05, 3.63) is 0 Å². The summed E-state index contributed by atoms with van der Waals surface area (Å²) in [6.45, 7) is 9.38. The van der Waals surface area contributed by atoms with Gasteiger partial charge in [-0.05, 0) is 27.7 Å². The second-order valence-electron chi connectivity index (χ2n) is 3.68. The summed E-state index contributed by atoms with van der Waals surface area (Å²) in [5.41, 5.74) is 0. The molecule has 0 spiro atoms. The second kappa shape index (κ2) is 5.00. The number of hydrogen-bond acceptors (Lipinski definition) is 2. The van der Waals surface area contributed by atoms with Gasteiger partial charge in [-0.2, -0.15) is 0 Å². The topological polar surface area (TPSA) is 37.4 Å². The number of carbonyl (C=O) groups is 2. The Labute approximate surface area is 80.1 Å². The highest BCUT2D eigenvalue weighted by Crippen LogP contribution is 2.06. The van der Waals surface area contributed by atoms with Gasteiger partial charge in [0.05, 0.1) is 0 Å². The van der Waals surface area contributed by atoms with E-state index in [0.717, 1.165) is 0 Å². The van der Waals surface area contributed by atoms with E-state index in [0.29, 0.717) is 0 Å². The van der Waals surface area contributed by atoms with Gasteiger partial charge in [0.1, 0.15) is 0 Å². The molecule has 0 radical (unpaired) electrons. The van der Waals surface area contributed by atoms with Crippen LogP contribution in [0.2, 0.25) is 0 Å². The summed E-state index contributed by atoms with van der Waals surface area (Å²) in [4.78, 5) is 24.3. The fraction of sp³-hybridized carbons (Fsp3) is 0.800. The molecule has 0 aromatic rings. The Kier molecular flexibility index (Phi) is 4.67. The molecule has 76 valence electrons. The summed E-state index contributed by atoms with van der Waals surface area (Å²) < 4.78 is 0. The number of rotatable bonds is 4. The molecule has 0 fully saturated rings. The molecule has 13 heavy (non-hydrogen) atoms. The van der Waals surface area contributed by atoms with Crippen LogP contribution in [0.25, 0.3) is 0 Å². The summed E-state index contributed by atoms with van der Waals surface area (Å²) >= 11 is 0. The first-order valence-corrected chi connectivity index (χ1v) is 4.77. The monoisotopic (exact) mass is 185 g/mol. The third-order valence-electron chi connectivity index (χ3n) is 1.91. The molecule has 0 saturated heterocycles. The first-order chi connectivity index (χ1) is 5.91. The number of carbonyl (C=O) groups excluding carboxylic acids is 2. The molecule has 0 heterocycles. The molecule has 0 atom stereocenters. The highest BCUT2D eigenvalue weighted by Gasteiger charge is 2.24. The molecular weight excluding hydrogens is 166 g/mol. The maximum absolute atomic E-state index is 11.5. The molecule has 3 heteroatoms. The molecule has 0 rings (SSSR count). The average molecular weight is 185 g/mol. The normalized spacial score (nSPS) is 10.7. The molecule has 3 nitrogen and oxygen atoms in total. The van der Waals surface area contributed by atoms with Crippen molar-refractivity contribution in [3.63, 3.8) is 0 Å². The van der Waals surface area contributed by atoms with Gasteiger partial charge in [-0.3, -0.25) is 9.59 Å². The van der Waals surface area contributed by atoms with Crippen molar-refractivity contribution in [1.29, 1.82) is 0 Å². The third-order valence-corrected chi connectivity index (χ3v) is 1.91. The van der Waals surface area contributed by atoms with Gasteiger partial charge in [-0.1, -0.05) is 6.92 Å². The molecule has 1 amide bonds. The number of hydrogen-bond donors (Lipinski definition) is 0. The maximum Gasteiger partial charge on any atom is 0.290 e. The molecule has 0 aliphatic heterocycles. The van der Waals surface area contributed by atoms with E-state index in [9.17, 15) is 9.59 Å². The van der Waals surface area contributed by atoms with Crippen molar-refractivity contribution < 1.29 is 9.59 Å². The molecular formula is C10H19NO2. The van der Waals surface area contributed by atoms with Crippen LogP contribution in [-0.2, 0) is 9.59 Å². The molecule has 0 aliphatic rings. The van der Waals surface area contributed by atoms with Gasteiger partial charge in [-0.25, -0.2) is 0 Å². The lowest BCUT2D eigenvalue weighted by molar-refractivity contribution is -0.147. The molecule has 0 aliphatic carbocycles. The second-order valence-corrected chi connectivity index (χ2v) is 3.68. The first-order valence-electron chi connectivity index (χ1n) is 4.77. The zero-order chi connectivity index (χ0) is 10.6. The SMILES string of the molecule is CCC(=O)C(=O)N(C(C)C)C(C)C.